The highest BCUT2D eigenvalue weighted by atomic mass is 16.4. The Balaban J connectivity index is 3.06. The largest absolute Gasteiger partial charge is 0.478 e. The Kier molecular flexibility index (Phi) is 3.73. The standard InChI is InChI=1S/C12H20N2O2/c1-5-6-7-14-8-9(11(15)16)10(13-14)12(2,3)4/h8H,5-7H2,1-4H3,(H,15,16). The molecule has 1 heterocycles. The fourth-order valence-corrected chi connectivity index (χ4v) is 1.57. The summed E-state index contributed by atoms with van der Waals surface area (Å²) in [5.74, 6) is -0.896. The Bertz CT molecular complexity index is 375. The van der Waals surface area contributed by atoms with Crippen LogP contribution in [0.1, 0.15) is 56.6 Å². The Hall–Kier alpha value is -1.32. The van der Waals surface area contributed by atoms with Crippen molar-refractivity contribution in [3.8, 4) is 0 Å². The maximum Gasteiger partial charge on any atom is 0.339 e. The van der Waals surface area contributed by atoms with Crippen LogP contribution in [0.15, 0.2) is 6.20 Å². The van der Waals surface area contributed by atoms with Crippen LogP contribution in [0.25, 0.3) is 0 Å². The van der Waals surface area contributed by atoms with Gasteiger partial charge in [-0.2, -0.15) is 5.10 Å². The molecule has 0 aliphatic rings. The van der Waals surface area contributed by atoms with Gasteiger partial charge in [-0.15, -0.1) is 0 Å². The number of aromatic carboxylic acids is 1. The molecule has 90 valence electrons. The zero-order valence-corrected chi connectivity index (χ0v) is 10.4. The molecule has 1 N–H and O–H groups in total. The molecular formula is C12H20N2O2. The highest BCUT2D eigenvalue weighted by Gasteiger charge is 2.25. The van der Waals surface area contributed by atoms with Crippen LogP contribution in [0.4, 0.5) is 0 Å². The third-order valence-electron chi connectivity index (χ3n) is 2.44. The van der Waals surface area contributed by atoms with Crippen LogP contribution in [0, 0.1) is 0 Å². The van der Waals surface area contributed by atoms with Gasteiger partial charge in [0.25, 0.3) is 0 Å². The molecule has 0 atom stereocenters. The van der Waals surface area contributed by atoms with E-state index in [1.54, 1.807) is 10.9 Å². The average molecular weight is 224 g/mol. The number of rotatable bonds is 4. The molecule has 0 bridgehead atoms. The molecule has 0 unspecified atom stereocenters. The predicted molar refractivity (Wildman–Crippen MR) is 62.8 cm³/mol. The van der Waals surface area contributed by atoms with Gasteiger partial charge in [0.05, 0.1) is 5.69 Å². The highest BCUT2D eigenvalue weighted by Crippen LogP contribution is 2.24. The van der Waals surface area contributed by atoms with E-state index in [9.17, 15) is 4.79 Å². The number of aryl methyl sites for hydroxylation is 1. The second kappa shape index (κ2) is 4.68. The first-order valence-corrected chi connectivity index (χ1v) is 5.67. The third-order valence-corrected chi connectivity index (χ3v) is 2.44. The fraction of sp³-hybridized carbons (Fsp3) is 0.667. The van der Waals surface area contributed by atoms with Crippen LogP contribution in [0.5, 0.6) is 0 Å². The molecule has 0 spiro atoms. The van der Waals surface area contributed by atoms with Gasteiger partial charge in [-0.25, -0.2) is 4.79 Å². The summed E-state index contributed by atoms with van der Waals surface area (Å²) in [7, 11) is 0. The second-order valence-electron chi connectivity index (χ2n) is 5.06. The summed E-state index contributed by atoms with van der Waals surface area (Å²) in [6.07, 6.45) is 3.73. The molecule has 0 radical (unpaired) electrons. The van der Waals surface area contributed by atoms with E-state index in [2.05, 4.69) is 12.0 Å². The highest BCUT2D eigenvalue weighted by molar-refractivity contribution is 5.89. The Morgan fingerprint density at radius 2 is 2.12 bits per heavy atom. The normalized spacial score (nSPS) is 11.8. The van der Waals surface area contributed by atoms with Gasteiger partial charge in [0.15, 0.2) is 0 Å². The maximum absolute atomic E-state index is 11.1. The van der Waals surface area contributed by atoms with Gasteiger partial charge in [-0.3, -0.25) is 4.68 Å². The Morgan fingerprint density at radius 3 is 2.50 bits per heavy atom. The van der Waals surface area contributed by atoms with Gasteiger partial charge >= 0.3 is 5.97 Å². The molecule has 16 heavy (non-hydrogen) atoms. The number of unbranched alkanes of at least 4 members (excludes halogenated alkanes) is 1. The molecule has 0 saturated heterocycles. The lowest BCUT2D eigenvalue weighted by atomic mass is 9.90. The Morgan fingerprint density at radius 1 is 1.50 bits per heavy atom. The lowest BCUT2D eigenvalue weighted by Crippen LogP contribution is -2.16. The van der Waals surface area contributed by atoms with Crippen molar-refractivity contribution >= 4 is 5.97 Å². The van der Waals surface area contributed by atoms with Crippen LogP contribution >= 0.6 is 0 Å². The number of carboxylic acid groups (broad SMARTS) is 1. The molecule has 4 nitrogen and oxygen atoms in total. The van der Waals surface area contributed by atoms with Crippen molar-refractivity contribution in [1.29, 1.82) is 0 Å². The van der Waals surface area contributed by atoms with Crippen molar-refractivity contribution in [2.24, 2.45) is 0 Å². The summed E-state index contributed by atoms with van der Waals surface area (Å²) in [6, 6.07) is 0. The number of nitrogens with zero attached hydrogens (tertiary/aromatic N) is 2. The van der Waals surface area contributed by atoms with Gasteiger partial charge in [0, 0.05) is 18.2 Å². The molecule has 1 aromatic rings. The van der Waals surface area contributed by atoms with Crippen molar-refractivity contribution in [2.75, 3.05) is 0 Å². The number of carboxylic acids is 1. The van der Waals surface area contributed by atoms with E-state index in [0.717, 1.165) is 19.4 Å². The summed E-state index contributed by atoms with van der Waals surface area (Å²) in [5, 5.41) is 13.5. The van der Waals surface area contributed by atoms with E-state index in [4.69, 9.17) is 5.11 Å². The molecule has 0 fully saturated rings. The first-order chi connectivity index (χ1) is 7.36. The molecule has 1 rings (SSSR count). The zero-order valence-electron chi connectivity index (χ0n) is 10.4. The van der Waals surface area contributed by atoms with Crippen molar-refractivity contribution in [1.82, 2.24) is 9.78 Å². The quantitative estimate of drug-likeness (QED) is 0.855. The predicted octanol–water partition coefficient (Wildman–Crippen LogP) is 2.68. The lowest BCUT2D eigenvalue weighted by Gasteiger charge is -2.15. The van der Waals surface area contributed by atoms with E-state index in [0.29, 0.717) is 11.3 Å². The van der Waals surface area contributed by atoms with Crippen molar-refractivity contribution in [2.45, 2.75) is 52.5 Å². The van der Waals surface area contributed by atoms with E-state index in [1.807, 2.05) is 20.8 Å². The number of carbonyl (C=O) groups is 1. The van der Waals surface area contributed by atoms with E-state index in [1.165, 1.54) is 0 Å². The maximum atomic E-state index is 11.1. The minimum atomic E-state index is -0.896. The summed E-state index contributed by atoms with van der Waals surface area (Å²) in [4.78, 5) is 11.1. The first kappa shape index (κ1) is 12.7. The van der Waals surface area contributed by atoms with E-state index in [-0.39, 0.29) is 5.41 Å². The Labute approximate surface area is 96.3 Å². The second-order valence-corrected chi connectivity index (χ2v) is 5.06. The molecule has 0 aliphatic heterocycles. The summed E-state index contributed by atoms with van der Waals surface area (Å²) in [5.41, 5.74) is 0.755. The monoisotopic (exact) mass is 224 g/mol. The molecule has 4 heteroatoms. The first-order valence-electron chi connectivity index (χ1n) is 5.67. The van der Waals surface area contributed by atoms with Gasteiger partial charge in [0.1, 0.15) is 5.56 Å². The van der Waals surface area contributed by atoms with Crippen molar-refractivity contribution in [3.63, 3.8) is 0 Å². The molecule has 0 amide bonds. The van der Waals surface area contributed by atoms with Crippen LogP contribution in [-0.4, -0.2) is 20.9 Å². The van der Waals surface area contributed by atoms with Crippen LogP contribution in [0.3, 0.4) is 0 Å². The zero-order chi connectivity index (χ0) is 12.3. The molecule has 1 aromatic heterocycles. The lowest BCUT2D eigenvalue weighted by molar-refractivity contribution is 0.0694. The van der Waals surface area contributed by atoms with Gasteiger partial charge in [-0.05, 0) is 6.42 Å². The SMILES string of the molecule is CCCCn1cc(C(=O)O)c(C(C)(C)C)n1. The minimum absolute atomic E-state index is 0.231. The molecular weight excluding hydrogens is 204 g/mol. The smallest absolute Gasteiger partial charge is 0.339 e. The van der Waals surface area contributed by atoms with E-state index < -0.39 is 5.97 Å². The number of hydrogen-bond acceptors (Lipinski definition) is 2. The van der Waals surface area contributed by atoms with Gasteiger partial charge in [0.2, 0.25) is 0 Å². The summed E-state index contributed by atoms with van der Waals surface area (Å²) in [6.45, 7) is 8.82. The molecule has 0 aromatic carbocycles. The van der Waals surface area contributed by atoms with Crippen LogP contribution < -0.4 is 0 Å². The third kappa shape index (κ3) is 2.84. The average Bonchev–Trinajstić information content (AvgIpc) is 2.58. The number of hydrogen-bond donors (Lipinski definition) is 1. The van der Waals surface area contributed by atoms with Gasteiger partial charge in [-0.1, -0.05) is 34.1 Å². The van der Waals surface area contributed by atoms with Crippen molar-refractivity contribution in [3.05, 3.63) is 17.5 Å². The van der Waals surface area contributed by atoms with Crippen molar-refractivity contribution < 1.29 is 9.90 Å². The summed E-state index contributed by atoms with van der Waals surface area (Å²) < 4.78 is 1.74. The molecule has 0 aliphatic carbocycles. The van der Waals surface area contributed by atoms with Crippen LogP contribution in [0.2, 0.25) is 0 Å². The molecule has 0 saturated carbocycles. The number of aromatic nitrogens is 2. The summed E-state index contributed by atoms with van der Waals surface area (Å²) >= 11 is 0. The van der Waals surface area contributed by atoms with Gasteiger partial charge < -0.3 is 5.11 Å². The topological polar surface area (TPSA) is 55.1 Å². The van der Waals surface area contributed by atoms with Crippen LogP contribution in [-0.2, 0) is 12.0 Å². The fourth-order valence-electron chi connectivity index (χ4n) is 1.57. The van der Waals surface area contributed by atoms with E-state index >= 15 is 0 Å². The minimum Gasteiger partial charge on any atom is -0.478 e.